The van der Waals surface area contributed by atoms with E-state index in [1.54, 1.807) is 0 Å². The van der Waals surface area contributed by atoms with Gasteiger partial charge >= 0.3 is 6.18 Å². The van der Waals surface area contributed by atoms with Crippen molar-refractivity contribution in [2.24, 2.45) is 0 Å². The molecule has 2 rings (SSSR count). The zero-order valence-electron chi connectivity index (χ0n) is 15.3. The lowest BCUT2D eigenvalue weighted by molar-refractivity contribution is -0.184. The summed E-state index contributed by atoms with van der Waals surface area (Å²) in [7, 11) is 0. The van der Waals surface area contributed by atoms with Gasteiger partial charge < -0.3 is 15.4 Å². The summed E-state index contributed by atoms with van der Waals surface area (Å²) in [5.74, 6) is -0.433. The molecule has 0 radical (unpaired) electrons. The summed E-state index contributed by atoms with van der Waals surface area (Å²) in [6, 6.07) is -1.65. The molecule has 2 fully saturated rings. The van der Waals surface area contributed by atoms with Crippen LogP contribution in [0.2, 0.25) is 0 Å². The second-order valence-corrected chi connectivity index (χ2v) is 6.88. The van der Waals surface area contributed by atoms with E-state index < -0.39 is 30.8 Å². The quantitative estimate of drug-likeness (QED) is 0.688. The maximum Gasteiger partial charge on any atom is 0.405 e. The number of rotatable bonds is 7. The van der Waals surface area contributed by atoms with E-state index >= 15 is 0 Å². The highest BCUT2D eigenvalue weighted by molar-refractivity contribution is 5.85. The summed E-state index contributed by atoms with van der Waals surface area (Å²) in [5.41, 5.74) is 0. The lowest BCUT2D eigenvalue weighted by Crippen LogP contribution is -2.58. The van der Waals surface area contributed by atoms with Gasteiger partial charge in [0.15, 0.2) is 0 Å². The molecule has 0 aromatic heterocycles. The molecule has 1 saturated heterocycles. The van der Waals surface area contributed by atoms with E-state index in [1.807, 2.05) is 6.92 Å². The minimum Gasteiger partial charge on any atom is -0.365 e. The maximum absolute atomic E-state index is 13.4. The van der Waals surface area contributed by atoms with Gasteiger partial charge in [-0.25, -0.2) is 0 Å². The molecule has 0 spiro atoms. The summed E-state index contributed by atoms with van der Waals surface area (Å²) >= 11 is 0. The number of hydrogen-bond donors (Lipinski definition) is 2. The molecule has 0 bridgehead atoms. The maximum atomic E-state index is 13.4. The van der Waals surface area contributed by atoms with Crippen molar-refractivity contribution < 1.29 is 22.7 Å². The predicted molar refractivity (Wildman–Crippen MR) is 96.6 cm³/mol. The third-order valence-electron chi connectivity index (χ3n) is 5.01. The first-order chi connectivity index (χ1) is 11.9. The Morgan fingerprint density at radius 1 is 1.23 bits per heavy atom. The van der Waals surface area contributed by atoms with Gasteiger partial charge in [0.05, 0.1) is 6.10 Å². The second kappa shape index (κ2) is 11.3. The van der Waals surface area contributed by atoms with Gasteiger partial charge in [-0.05, 0) is 19.3 Å². The molecule has 2 atom stereocenters. The second-order valence-electron chi connectivity index (χ2n) is 6.88. The van der Waals surface area contributed by atoms with Gasteiger partial charge in [0.1, 0.15) is 12.1 Å². The number of piperazine rings is 1. The van der Waals surface area contributed by atoms with Crippen LogP contribution < -0.4 is 10.6 Å². The van der Waals surface area contributed by atoms with E-state index in [9.17, 15) is 18.0 Å². The summed E-state index contributed by atoms with van der Waals surface area (Å²) in [6.45, 7) is 3.12. The molecule has 1 heterocycles. The molecule has 26 heavy (non-hydrogen) atoms. The number of nitrogens with one attached hydrogen (secondary N) is 2. The fraction of sp³-hybridized carbons (Fsp3) is 0.941. The van der Waals surface area contributed by atoms with Crippen molar-refractivity contribution in [2.45, 2.75) is 69.9 Å². The van der Waals surface area contributed by atoms with Crippen LogP contribution in [0.5, 0.6) is 0 Å². The van der Waals surface area contributed by atoms with E-state index in [4.69, 9.17) is 4.74 Å². The van der Waals surface area contributed by atoms with Gasteiger partial charge in [-0.1, -0.05) is 26.2 Å². The van der Waals surface area contributed by atoms with Crippen LogP contribution in [0, 0.1) is 0 Å². The molecule has 0 aromatic carbocycles. The fourth-order valence-corrected chi connectivity index (χ4v) is 3.53. The van der Waals surface area contributed by atoms with E-state index in [2.05, 4.69) is 10.6 Å². The van der Waals surface area contributed by atoms with Crippen LogP contribution in [0.15, 0.2) is 0 Å². The Bertz CT molecular complexity index is 415. The standard InChI is InChI=1S/C17H30F3N3O2.ClH/c1-2-14(25-13-6-4-3-5-7-13)16(24)22-12-15(17(18,19)20)23-10-8-21-9-11-23;/h13-15,21H,2-12H2,1H3,(H,22,24);1H. The molecular formula is C17H31ClF3N3O2. The summed E-state index contributed by atoms with van der Waals surface area (Å²) < 4.78 is 45.9. The Morgan fingerprint density at radius 3 is 2.38 bits per heavy atom. The van der Waals surface area contributed by atoms with Gasteiger partial charge in [-0.3, -0.25) is 9.69 Å². The first-order valence-corrected chi connectivity index (χ1v) is 9.36. The molecule has 1 amide bonds. The number of ether oxygens (including phenoxy) is 1. The van der Waals surface area contributed by atoms with Crippen molar-refractivity contribution in [2.75, 3.05) is 32.7 Å². The van der Waals surface area contributed by atoms with Gasteiger partial charge in [0.2, 0.25) is 5.91 Å². The van der Waals surface area contributed by atoms with Gasteiger partial charge in [0.25, 0.3) is 0 Å². The van der Waals surface area contributed by atoms with Crippen LogP contribution in [0.1, 0.15) is 45.4 Å². The molecule has 9 heteroatoms. The van der Waals surface area contributed by atoms with Crippen LogP contribution in [-0.2, 0) is 9.53 Å². The van der Waals surface area contributed by atoms with E-state index in [1.165, 1.54) is 11.3 Å². The van der Waals surface area contributed by atoms with E-state index in [-0.39, 0.29) is 18.5 Å². The van der Waals surface area contributed by atoms with E-state index in [0.29, 0.717) is 32.6 Å². The van der Waals surface area contributed by atoms with Crippen LogP contribution in [0.3, 0.4) is 0 Å². The molecule has 2 aliphatic rings. The average Bonchev–Trinajstić information content (AvgIpc) is 2.60. The third kappa shape index (κ3) is 7.21. The van der Waals surface area contributed by atoms with Crippen LogP contribution in [0.4, 0.5) is 13.2 Å². The summed E-state index contributed by atoms with van der Waals surface area (Å²) in [5, 5.41) is 5.52. The number of amides is 1. The lowest BCUT2D eigenvalue weighted by atomic mass is 9.97. The molecule has 5 nitrogen and oxygen atoms in total. The Kier molecular flexibility index (Phi) is 10.2. The largest absolute Gasteiger partial charge is 0.405 e. The average molecular weight is 402 g/mol. The zero-order chi connectivity index (χ0) is 18.3. The van der Waals surface area contributed by atoms with Crippen molar-refractivity contribution in [3.8, 4) is 0 Å². The number of hydrogen-bond acceptors (Lipinski definition) is 4. The molecule has 154 valence electrons. The molecule has 1 saturated carbocycles. The predicted octanol–water partition coefficient (Wildman–Crippen LogP) is 2.49. The van der Waals surface area contributed by atoms with E-state index in [0.717, 1.165) is 25.7 Å². The number of carbonyl (C=O) groups is 1. The first kappa shape index (κ1) is 23.5. The van der Waals surface area contributed by atoms with Crippen LogP contribution in [0.25, 0.3) is 0 Å². The Morgan fingerprint density at radius 2 is 1.85 bits per heavy atom. The highest BCUT2D eigenvalue weighted by Gasteiger charge is 2.44. The number of nitrogens with zero attached hydrogens (tertiary/aromatic N) is 1. The Hall–Kier alpha value is -0.570. The van der Waals surface area contributed by atoms with Crippen LogP contribution >= 0.6 is 12.4 Å². The number of halogens is 4. The number of alkyl halides is 3. The molecule has 1 aliphatic heterocycles. The smallest absolute Gasteiger partial charge is 0.365 e. The molecular weight excluding hydrogens is 371 g/mol. The SMILES string of the molecule is CCC(OC1CCCCC1)C(=O)NCC(N1CCNCC1)C(F)(F)F.Cl. The monoisotopic (exact) mass is 401 g/mol. The summed E-state index contributed by atoms with van der Waals surface area (Å²) in [6.07, 6.45) is 0.690. The molecule has 2 unspecified atom stereocenters. The van der Waals surface area contributed by atoms with Crippen molar-refractivity contribution in [3.63, 3.8) is 0 Å². The minimum atomic E-state index is -4.36. The Labute approximate surface area is 159 Å². The third-order valence-corrected chi connectivity index (χ3v) is 5.01. The Balaban J connectivity index is 0.00000338. The minimum absolute atomic E-state index is 0. The van der Waals surface area contributed by atoms with Crippen molar-refractivity contribution >= 4 is 18.3 Å². The van der Waals surface area contributed by atoms with Gasteiger partial charge in [0, 0.05) is 32.7 Å². The normalized spacial score (nSPS) is 22.3. The molecule has 0 aromatic rings. The zero-order valence-corrected chi connectivity index (χ0v) is 16.1. The highest BCUT2D eigenvalue weighted by Crippen LogP contribution is 2.25. The van der Waals surface area contributed by atoms with Crippen molar-refractivity contribution in [1.82, 2.24) is 15.5 Å². The fourth-order valence-electron chi connectivity index (χ4n) is 3.53. The van der Waals surface area contributed by atoms with Gasteiger partial charge in [-0.2, -0.15) is 13.2 Å². The lowest BCUT2D eigenvalue weighted by Gasteiger charge is -2.36. The van der Waals surface area contributed by atoms with Gasteiger partial charge in [-0.15, -0.1) is 12.4 Å². The summed E-state index contributed by atoms with van der Waals surface area (Å²) in [4.78, 5) is 13.7. The van der Waals surface area contributed by atoms with Crippen molar-refractivity contribution in [1.29, 1.82) is 0 Å². The topological polar surface area (TPSA) is 53.6 Å². The highest BCUT2D eigenvalue weighted by atomic mass is 35.5. The first-order valence-electron chi connectivity index (χ1n) is 9.36. The van der Waals surface area contributed by atoms with Crippen LogP contribution in [-0.4, -0.2) is 68.0 Å². The molecule has 1 aliphatic carbocycles. The number of carbonyl (C=O) groups excluding carboxylic acids is 1. The van der Waals surface area contributed by atoms with Crippen molar-refractivity contribution in [3.05, 3.63) is 0 Å². The molecule has 2 N–H and O–H groups in total.